The lowest BCUT2D eigenvalue weighted by molar-refractivity contribution is 0.0883. The predicted molar refractivity (Wildman–Crippen MR) is 69.8 cm³/mol. The van der Waals surface area contributed by atoms with Crippen molar-refractivity contribution in [1.29, 1.82) is 0 Å². The first-order valence-electron chi connectivity index (χ1n) is 5.65. The molecular weight excluding hydrogens is 220 g/mol. The van der Waals surface area contributed by atoms with Crippen LogP contribution in [0, 0.1) is 0 Å². The van der Waals surface area contributed by atoms with Crippen LogP contribution in [0.3, 0.4) is 0 Å². The van der Waals surface area contributed by atoms with Gasteiger partial charge in [0.15, 0.2) is 0 Å². The van der Waals surface area contributed by atoms with Gasteiger partial charge in [-0.3, -0.25) is 4.90 Å². The van der Waals surface area contributed by atoms with E-state index in [2.05, 4.69) is 36.4 Å². The Kier molecular flexibility index (Phi) is 5.98. The Balaban J connectivity index is 2.37. The maximum absolute atomic E-state index is 5.60. The average molecular weight is 242 g/mol. The van der Waals surface area contributed by atoms with Crippen LogP contribution in [0.5, 0.6) is 0 Å². The fourth-order valence-corrected chi connectivity index (χ4v) is 2.47. The Morgan fingerprint density at radius 2 is 2.31 bits per heavy atom. The van der Waals surface area contributed by atoms with E-state index in [0.29, 0.717) is 12.6 Å². The molecule has 0 amide bonds. The smallest absolute Gasteiger partial charge is 0.0705 e. The summed E-state index contributed by atoms with van der Waals surface area (Å²) in [6, 6.07) is 4.75. The van der Waals surface area contributed by atoms with Gasteiger partial charge in [-0.1, -0.05) is 6.07 Å². The summed E-state index contributed by atoms with van der Waals surface area (Å²) in [4.78, 5) is 3.75. The molecule has 2 N–H and O–H groups in total. The number of nitrogens with zero attached hydrogens (tertiary/aromatic N) is 1. The van der Waals surface area contributed by atoms with E-state index >= 15 is 0 Å². The summed E-state index contributed by atoms with van der Waals surface area (Å²) in [6.45, 7) is 3.84. The lowest BCUT2D eigenvalue weighted by atomic mass is 10.2. The van der Waals surface area contributed by atoms with Crippen molar-refractivity contribution in [3.8, 4) is 0 Å². The zero-order chi connectivity index (χ0) is 12.0. The van der Waals surface area contributed by atoms with Crippen molar-refractivity contribution in [2.75, 3.05) is 27.2 Å². The quantitative estimate of drug-likeness (QED) is 0.796. The van der Waals surface area contributed by atoms with Crippen LogP contribution in [0.25, 0.3) is 0 Å². The van der Waals surface area contributed by atoms with Crippen molar-refractivity contribution in [2.24, 2.45) is 5.73 Å². The van der Waals surface area contributed by atoms with E-state index in [4.69, 9.17) is 10.5 Å². The Bertz CT molecular complexity index is 273. The van der Waals surface area contributed by atoms with Crippen molar-refractivity contribution in [3.05, 3.63) is 22.4 Å². The second-order valence-corrected chi connectivity index (χ2v) is 5.03. The first kappa shape index (κ1) is 13.6. The minimum Gasteiger partial charge on any atom is -0.380 e. The second-order valence-electron chi connectivity index (χ2n) is 4.05. The maximum atomic E-state index is 5.60. The summed E-state index contributed by atoms with van der Waals surface area (Å²) >= 11 is 1.81. The number of thiophene rings is 1. The maximum Gasteiger partial charge on any atom is 0.0705 e. The van der Waals surface area contributed by atoms with E-state index in [-0.39, 0.29) is 6.10 Å². The number of hydrogen-bond donors (Lipinski definition) is 1. The largest absolute Gasteiger partial charge is 0.380 e. The molecule has 1 aromatic heterocycles. The molecule has 2 unspecified atom stereocenters. The highest BCUT2D eigenvalue weighted by molar-refractivity contribution is 7.10. The molecule has 0 aliphatic heterocycles. The fraction of sp³-hybridized carbons (Fsp3) is 0.667. The van der Waals surface area contributed by atoms with E-state index in [0.717, 1.165) is 13.0 Å². The van der Waals surface area contributed by atoms with Gasteiger partial charge in [-0.05, 0) is 31.8 Å². The number of rotatable bonds is 7. The number of nitrogens with two attached hydrogens (primary N) is 1. The van der Waals surface area contributed by atoms with Crippen LogP contribution in [-0.4, -0.2) is 38.3 Å². The molecule has 1 aromatic rings. The van der Waals surface area contributed by atoms with Gasteiger partial charge in [-0.2, -0.15) is 0 Å². The molecule has 2 atom stereocenters. The molecule has 0 saturated carbocycles. The summed E-state index contributed by atoms with van der Waals surface area (Å²) < 4.78 is 5.27. The highest BCUT2D eigenvalue weighted by Crippen LogP contribution is 2.23. The predicted octanol–water partition coefficient (Wildman–Crippen LogP) is 2.10. The second kappa shape index (κ2) is 7.01. The zero-order valence-corrected chi connectivity index (χ0v) is 11.2. The molecule has 3 nitrogen and oxygen atoms in total. The van der Waals surface area contributed by atoms with Gasteiger partial charge < -0.3 is 10.5 Å². The Labute approximate surface area is 102 Å². The molecule has 16 heavy (non-hydrogen) atoms. The van der Waals surface area contributed by atoms with E-state index < -0.39 is 0 Å². The summed E-state index contributed by atoms with van der Waals surface area (Å²) in [7, 11) is 3.87. The van der Waals surface area contributed by atoms with E-state index in [1.807, 2.05) is 11.3 Å². The molecule has 0 aliphatic carbocycles. The highest BCUT2D eigenvalue weighted by Gasteiger charge is 2.14. The van der Waals surface area contributed by atoms with Crippen molar-refractivity contribution in [1.82, 2.24) is 4.90 Å². The minimum absolute atomic E-state index is 0.179. The van der Waals surface area contributed by atoms with Crippen LogP contribution in [0.2, 0.25) is 0 Å². The molecule has 92 valence electrons. The molecule has 0 fully saturated rings. The number of hydrogen-bond acceptors (Lipinski definition) is 4. The zero-order valence-electron chi connectivity index (χ0n) is 10.3. The summed E-state index contributed by atoms with van der Waals surface area (Å²) in [5.41, 5.74) is 5.60. The molecule has 0 bridgehead atoms. The SMILES string of the molecule is COC(CN)CCN(C)C(C)c1cccs1. The van der Waals surface area contributed by atoms with Crippen LogP contribution < -0.4 is 5.73 Å². The van der Waals surface area contributed by atoms with Crippen LogP contribution in [0.4, 0.5) is 0 Å². The third-order valence-corrected chi connectivity index (χ3v) is 4.06. The van der Waals surface area contributed by atoms with Gasteiger partial charge in [0.2, 0.25) is 0 Å². The lowest BCUT2D eigenvalue weighted by Gasteiger charge is -2.25. The van der Waals surface area contributed by atoms with Gasteiger partial charge in [0.05, 0.1) is 6.10 Å². The molecule has 1 rings (SSSR count). The monoisotopic (exact) mass is 242 g/mol. The van der Waals surface area contributed by atoms with Gasteiger partial charge >= 0.3 is 0 Å². The molecule has 1 heterocycles. The first-order valence-corrected chi connectivity index (χ1v) is 6.53. The summed E-state index contributed by atoms with van der Waals surface area (Å²) in [6.07, 6.45) is 1.16. The van der Waals surface area contributed by atoms with E-state index in [9.17, 15) is 0 Å². The van der Waals surface area contributed by atoms with Crippen molar-refractivity contribution >= 4 is 11.3 Å². The average Bonchev–Trinajstić information content (AvgIpc) is 2.82. The highest BCUT2D eigenvalue weighted by atomic mass is 32.1. The fourth-order valence-electron chi connectivity index (χ4n) is 1.62. The molecule has 0 spiro atoms. The van der Waals surface area contributed by atoms with Crippen molar-refractivity contribution in [3.63, 3.8) is 0 Å². The third-order valence-electron chi connectivity index (χ3n) is 3.02. The molecular formula is C12H22N2OS. The Hall–Kier alpha value is -0.420. The first-order chi connectivity index (χ1) is 7.69. The normalized spacial score (nSPS) is 15.3. The van der Waals surface area contributed by atoms with Gasteiger partial charge in [0, 0.05) is 31.1 Å². The van der Waals surface area contributed by atoms with Gasteiger partial charge in [-0.15, -0.1) is 11.3 Å². The molecule has 0 saturated heterocycles. The molecule has 4 heteroatoms. The Morgan fingerprint density at radius 3 is 2.81 bits per heavy atom. The van der Waals surface area contributed by atoms with Gasteiger partial charge in [-0.25, -0.2) is 0 Å². The minimum atomic E-state index is 0.179. The topological polar surface area (TPSA) is 38.5 Å². The third kappa shape index (κ3) is 3.87. The lowest BCUT2D eigenvalue weighted by Crippen LogP contribution is -2.30. The number of ether oxygens (including phenoxy) is 1. The van der Waals surface area contributed by atoms with E-state index in [1.54, 1.807) is 7.11 Å². The van der Waals surface area contributed by atoms with Crippen LogP contribution in [0.15, 0.2) is 17.5 Å². The summed E-state index contributed by atoms with van der Waals surface area (Å²) in [5.74, 6) is 0. The Morgan fingerprint density at radius 1 is 1.56 bits per heavy atom. The van der Waals surface area contributed by atoms with Gasteiger partial charge in [0.25, 0.3) is 0 Å². The standard InChI is InChI=1S/C12H22N2OS/c1-10(12-5-4-8-16-12)14(2)7-6-11(9-13)15-3/h4-5,8,10-11H,6-7,9,13H2,1-3H3. The molecule has 0 radical (unpaired) electrons. The van der Waals surface area contributed by atoms with Crippen LogP contribution in [0.1, 0.15) is 24.3 Å². The summed E-state index contributed by atoms with van der Waals surface area (Å²) in [5, 5.41) is 2.12. The number of methoxy groups -OCH3 is 1. The molecule has 0 aliphatic rings. The van der Waals surface area contributed by atoms with Crippen LogP contribution in [-0.2, 0) is 4.74 Å². The van der Waals surface area contributed by atoms with Crippen molar-refractivity contribution < 1.29 is 4.74 Å². The van der Waals surface area contributed by atoms with E-state index in [1.165, 1.54) is 4.88 Å². The van der Waals surface area contributed by atoms with Crippen LogP contribution >= 0.6 is 11.3 Å². The van der Waals surface area contributed by atoms with Crippen molar-refractivity contribution in [2.45, 2.75) is 25.5 Å². The van der Waals surface area contributed by atoms with Gasteiger partial charge in [0.1, 0.15) is 0 Å². The molecule has 0 aromatic carbocycles.